The third kappa shape index (κ3) is 3.53. The summed E-state index contributed by atoms with van der Waals surface area (Å²) in [5, 5.41) is 14.8. The van der Waals surface area contributed by atoms with Crippen molar-refractivity contribution in [2.24, 2.45) is 5.92 Å². The van der Waals surface area contributed by atoms with Crippen molar-refractivity contribution >= 4 is 17.8 Å². The quantitative estimate of drug-likeness (QED) is 0.617. The Hall–Kier alpha value is -1.63. The lowest BCUT2D eigenvalue weighted by atomic mass is 10.1. The minimum Gasteiger partial charge on any atom is -0.480 e. The second kappa shape index (κ2) is 6.43. The van der Waals surface area contributed by atoms with Crippen LogP contribution in [0.5, 0.6) is 0 Å². The molecule has 0 spiro atoms. The Kier molecular flexibility index (Phi) is 4.82. The molecule has 2 amide bonds. The number of carboxylic acids is 1. The molecule has 7 heteroatoms. The van der Waals surface area contributed by atoms with Gasteiger partial charge in [-0.2, -0.15) is 0 Å². The molecule has 0 aromatic rings. The van der Waals surface area contributed by atoms with E-state index in [1.54, 1.807) is 14.0 Å². The van der Waals surface area contributed by atoms with E-state index < -0.39 is 18.1 Å². The first kappa shape index (κ1) is 15.8. The Balaban J connectivity index is 2.06. The van der Waals surface area contributed by atoms with Gasteiger partial charge in [0.25, 0.3) is 0 Å². The maximum Gasteiger partial charge on any atom is 0.326 e. The van der Waals surface area contributed by atoms with Gasteiger partial charge >= 0.3 is 5.97 Å². The summed E-state index contributed by atoms with van der Waals surface area (Å²) in [6.45, 7) is 2.18. The number of likely N-dealkylation sites (N-methyl/N-ethyl adjacent to an activating group) is 1. The van der Waals surface area contributed by atoms with Crippen LogP contribution in [0.3, 0.4) is 0 Å². The number of hydrogen-bond donors (Lipinski definition) is 3. The van der Waals surface area contributed by atoms with Crippen molar-refractivity contribution in [3.8, 4) is 0 Å². The first-order valence-corrected chi connectivity index (χ1v) is 7.46. The van der Waals surface area contributed by atoms with Gasteiger partial charge in [-0.3, -0.25) is 9.59 Å². The molecule has 0 aromatic heterocycles. The summed E-state index contributed by atoms with van der Waals surface area (Å²) in [6.07, 6.45) is 2.98. The lowest BCUT2D eigenvalue weighted by Crippen LogP contribution is -2.55. The molecular formula is C14H23N3O4. The number of nitrogens with one attached hydrogen (secondary N) is 2. The number of hydrogen-bond acceptors (Lipinski definition) is 4. The van der Waals surface area contributed by atoms with E-state index in [9.17, 15) is 19.5 Å². The van der Waals surface area contributed by atoms with Gasteiger partial charge in [0.2, 0.25) is 11.8 Å². The molecule has 21 heavy (non-hydrogen) atoms. The molecule has 7 nitrogen and oxygen atoms in total. The Morgan fingerprint density at radius 3 is 2.43 bits per heavy atom. The van der Waals surface area contributed by atoms with Crippen molar-refractivity contribution in [1.82, 2.24) is 15.5 Å². The third-order valence-electron chi connectivity index (χ3n) is 4.30. The van der Waals surface area contributed by atoms with Gasteiger partial charge in [-0.1, -0.05) is 0 Å². The van der Waals surface area contributed by atoms with E-state index in [0.29, 0.717) is 19.4 Å². The summed E-state index contributed by atoms with van der Waals surface area (Å²) in [5.41, 5.74) is 0. The number of carboxylic acid groups (broad SMARTS) is 1. The Labute approximate surface area is 124 Å². The van der Waals surface area contributed by atoms with Crippen LogP contribution >= 0.6 is 0 Å². The second-order valence-corrected chi connectivity index (χ2v) is 5.86. The lowest BCUT2D eigenvalue weighted by molar-refractivity contribution is -0.149. The largest absolute Gasteiger partial charge is 0.480 e. The zero-order chi connectivity index (χ0) is 15.6. The van der Waals surface area contributed by atoms with E-state index in [1.165, 1.54) is 4.90 Å². The Bertz CT molecular complexity index is 436. The number of likely N-dealkylation sites (tertiary alicyclic amines) is 1. The van der Waals surface area contributed by atoms with Crippen LogP contribution < -0.4 is 10.6 Å². The molecule has 0 aromatic carbocycles. The zero-order valence-corrected chi connectivity index (χ0v) is 12.5. The standard InChI is InChI=1S/C14H23N3O4/c1-8(15-2)12(18)16-11(9-5-6-9)13(19)17-7-3-4-10(17)14(20)21/h8-11,15H,3-7H2,1-2H3,(H,16,18)(H,20,21)/t8-,10-,11-/m0/s1. The molecule has 1 heterocycles. The average Bonchev–Trinajstić information content (AvgIpc) is 3.17. The number of nitrogens with zero attached hydrogens (tertiary/aromatic N) is 1. The summed E-state index contributed by atoms with van der Waals surface area (Å²) in [6, 6.07) is -1.72. The topological polar surface area (TPSA) is 98.7 Å². The third-order valence-corrected chi connectivity index (χ3v) is 4.30. The monoisotopic (exact) mass is 297 g/mol. The summed E-state index contributed by atoms with van der Waals surface area (Å²) < 4.78 is 0. The van der Waals surface area contributed by atoms with Crippen LogP contribution in [0.4, 0.5) is 0 Å². The van der Waals surface area contributed by atoms with Crippen LogP contribution in [0, 0.1) is 5.92 Å². The predicted octanol–water partition coefficient (Wildman–Crippen LogP) is -0.435. The molecule has 1 saturated carbocycles. The maximum atomic E-state index is 12.6. The van der Waals surface area contributed by atoms with Crippen LogP contribution in [0.15, 0.2) is 0 Å². The summed E-state index contributed by atoms with van der Waals surface area (Å²) in [4.78, 5) is 37.2. The van der Waals surface area contributed by atoms with Gasteiger partial charge in [0.1, 0.15) is 12.1 Å². The van der Waals surface area contributed by atoms with Gasteiger partial charge < -0.3 is 20.6 Å². The number of carbonyl (C=O) groups excluding carboxylic acids is 2. The smallest absolute Gasteiger partial charge is 0.326 e. The van der Waals surface area contributed by atoms with E-state index in [1.807, 2.05) is 0 Å². The van der Waals surface area contributed by atoms with Gasteiger partial charge in [-0.25, -0.2) is 4.79 Å². The molecule has 0 bridgehead atoms. The fraction of sp³-hybridized carbons (Fsp3) is 0.786. The lowest BCUT2D eigenvalue weighted by Gasteiger charge is -2.28. The number of aliphatic carboxylic acids is 1. The highest BCUT2D eigenvalue weighted by molar-refractivity contribution is 5.92. The van der Waals surface area contributed by atoms with Crippen molar-refractivity contribution in [2.75, 3.05) is 13.6 Å². The molecule has 2 aliphatic rings. The van der Waals surface area contributed by atoms with Gasteiger partial charge in [0.15, 0.2) is 0 Å². The van der Waals surface area contributed by atoms with Gasteiger partial charge in [0.05, 0.1) is 6.04 Å². The molecule has 2 fully saturated rings. The second-order valence-electron chi connectivity index (χ2n) is 5.86. The van der Waals surface area contributed by atoms with Gasteiger partial charge in [-0.05, 0) is 45.6 Å². The van der Waals surface area contributed by atoms with Crippen molar-refractivity contribution in [1.29, 1.82) is 0 Å². The molecule has 1 saturated heterocycles. The molecule has 3 N–H and O–H groups in total. The summed E-state index contributed by atoms with van der Waals surface area (Å²) >= 11 is 0. The van der Waals surface area contributed by atoms with Crippen LogP contribution in [0.2, 0.25) is 0 Å². The van der Waals surface area contributed by atoms with Crippen LogP contribution in [0.1, 0.15) is 32.6 Å². The molecule has 118 valence electrons. The van der Waals surface area contributed by atoms with Crippen LogP contribution in [0.25, 0.3) is 0 Å². The highest BCUT2D eigenvalue weighted by Crippen LogP contribution is 2.34. The number of rotatable bonds is 6. The van der Waals surface area contributed by atoms with Crippen molar-refractivity contribution in [2.45, 2.75) is 50.7 Å². The maximum absolute atomic E-state index is 12.6. The van der Waals surface area contributed by atoms with Gasteiger partial charge in [-0.15, -0.1) is 0 Å². The Morgan fingerprint density at radius 1 is 1.24 bits per heavy atom. The minimum atomic E-state index is -0.967. The van der Waals surface area contributed by atoms with Gasteiger partial charge in [0, 0.05) is 6.54 Å². The normalized spacial score (nSPS) is 24.5. The first-order chi connectivity index (χ1) is 9.95. The minimum absolute atomic E-state index is 0.139. The highest BCUT2D eigenvalue weighted by Gasteiger charge is 2.43. The van der Waals surface area contributed by atoms with Crippen molar-refractivity contribution < 1.29 is 19.5 Å². The average molecular weight is 297 g/mol. The molecule has 0 unspecified atom stereocenters. The molecule has 1 aliphatic heterocycles. The molecule has 1 aliphatic carbocycles. The van der Waals surface area contributed by atoms with E-state index >= 15 is 0 Å². The summed E-state index contributed by atoms with van der Waals surface area (Å²) in [5.74, 6) is -1.31. The predicted molar refractivity (Wildman–Crippen MR) is 75.5 cm³/mol. The zero-order valence-electron chi connectivity index (χ0n) is 12.5. The van der Waals surface area contributed by atoms with E-state index in [-0.39, 0.29) is 23.8 Å². The van der Waals surface area contributed by atoms with E-state index in [2.05, 4.69) is 10.6 Å². The Morgan fingerprint density at radius 2 is 1.90 bits per heavy atom. The van der Waals surface area contributed by atoms with E-state index in [4.69, 9.17) is 0 Å². The van der Waals surface area contributed by atoms with Crippen LogP contribution in [-0.4, -0.2) is 59.5 Å². The molecular weight excluding hydrogens is 274 g/mol. The summed E-state index contributed by atoms with van der Waals surface area (Å²) in [7, 11) is 1.68. The van der Waals surface area contributed by atoms with Crippen molar-refractivity contribution in [3.63, 3.8) is 0 Å². The molecule has 2 rings (SSSR count). The first-order valence-electron chi connectivity index (χ1n) is 7.46. The molecule has 3 atom stereocenters. The van der Waals surface area contributed by atoms with Crippen LogP contribution in [-0.2, 0) is 14.4 Å². The fourth-order valence-electron chi connectivity index (χ4n) is 2.69. The number of amides is 2. The van der Waals surface area contributed by atoms with E-state index in [0.717, 1.165) is 12.8 Å². The highest BCUT2D eigenvalue weighted by atomic mass is 16.4. The SMILES string of the molecule is CN[C@@H](C)C(=O)N[C@H](C(=O)N1CCC[C@H]1C(=O)O)C1CC1. The fourth-order valence-corrected chi connectivity index (χ4v) is 2.69. The van der Waals surface area contributed by atoms with Crippen molar-refractivity contribution in [3.05, 3.63) is 0 Å². The molecule has 0 radical (unpaired) electrons. The number of carbonyl (C=O) groups is 3.